The van der Waals surface area contributed by atoms with Gasteiger partial charge in [-0.2, -0.15) is 0 Å². The van der Waals surface area contributed by atoms with Crippen LogP contribution in [-0.4, -0.2) is 125 Å². The molecule has 2 aliphatic rings. The van der Waals surface area contributed by atoms with E-state index in [1.54, 1.807) is 7.11 Å². The molecule has 0 aliphatic carbocycles. The van der Waals surface area contributed by atoms with Gasteiger partial charge in [0.2, 0.25) is 0 Å². The fourth-order valence-corrected chi connectivity index (χ4v) is 3.74. The average molecular weight is 572 g/mol. The zero-order valence-corrected chi connectivity index (χ0v) is 23.1. The number of carbonyl (C=O) groups is 5. The highest BCUT2D eigenvalue weighted by Gasteiger charge is 2.34. The molecule has 2 rings (SSSR count). The van der Waals surface area contributed by atoms with Crippen LogP contribution in [0.15, 0.2) is 12.2 Å². The van der Waals surface area contributed by atoms with Crippen molar-refractivity contribution in [1.29, 1.82) is 0 Å². The minimum absolute atomic E-state index is 0.00842. The maximum atomic E-state index is 12.7. The molecule has 40 heavy (non-hydrogen) atoms. The first-order valence-corrected chi connectivity index (χ1v) is 13.6. The molecule has 0 radical (unpaired) electrons. The number of hydrogen-bond acceptors (Lipinski definition) is 12. The summed E-state index contributed by atoms with van der Waals surface area (Å²) in [5, 5.41) is 3.61. The van der Waals surface area contributed by atoms with E-state index in [1.165, 1.54) is 12.2 Å². The monoisotopic (exact) mass is 571 g/mol. The van der Waals surface area contributed by atoms with E-state index in [0.29, 0.717) is 96.8 Å². The molecule has 0 spiro atoms. The molecule has 14 heteroatoms. The van der Waals surface area contributed by atoms with E-state index in [4.69, 9.17) is 28.5 Å². The lowest BCUT2D eigenvalue weighted by Gasteiger charge is -2.21. The second-order valence-corrected chi connectivity index (χ2v) is 8.95. The van der Waals surface area contributed by atoms with Gasteiger partial charge in [0, 0.05) is 45.3 Å². The van der Waals surface area contributed by atoms with Crippen molar-refractivity contribution in [2.24, 2.45) is 0 Å². The molecule has 2 heterocycles. The van der Waals surface area contributed by atoms with Gasteiger partial charge in [0.15, 0.2) is 0 Å². The van der Waals surface area contributed by atoms with E-state index in [1.807, 2.05) is 0 Å². The van der Waals surface area contributed by atoms with Crippen LogP contribution in [0, 0.1) is 0 Å². The molecule has 226 valence electrons. The third kappa shape index (κ3) is 13.1. The van der Waals surface area contributed by atoms with E-state index < -0.39 is 23.8 Å². The van der Waals surface area contributed by atoms with Crippen LogP contribution in [0.5, 0.6) is 0 Å². The zero-order chi connectivity index (χ0) is 29.0. The molecule has 0 aromatic heterocycles. The summed E-state index contributed by atoms with van der Waals surface area (Å²) in [6.07, 6.45) is 4.38. The minimum atomic E-state index is -0.780. The number of methoxy groups -OCH3 is 1. The summed E-state index contributed by atoms with van der Waals surface area (Å²) in [4.78, 5) is 65.9. The van der Waals surface area contributed by atoms with E-state index in [2.05, 4.69) is 5.32 Å². The Morgan fingerprint density at radius 1 is 0.775 bits per heavy atom. The van der Waals surface area contributed by atoms with Gasteiger partial charge in [-0.1, -0.05) is 0 Å². The molecule has 1 fully saturated rings. The van der Waals surface area contributed by atoms with Gasteiger partial charge in [-0.15, -0.1) is 5.06 Å². The van der Waals surface area contributed by atoms with Gasteiger partial charge in [0.1, 0.15) is 6.04 Å². The van der Waals surface area contributed by atoms with Crippen LogP contribution in [0.2, 0.25) is 0 Å². The summed E-state index contributed by atoms with van der Waals surface area (Å²) in [5.74, 6) is -2.56. The van der Waals surface area contributed by atoms with Gasteiger partial charge >= 0.3 is 5.97 Å². The molecule has 0 aromatic carbocycles. The van der Waals surface area contributed by atoms with Crippen molar-refractivity contribution in [1.82, 2.24) is 15.3 Å². The van der Waals surface area contributed by atoms with Crippen LogP contribution >= 0.6 is 0 Å². The Balaban J connectivity index is 1.58. The topological polar surface area (TPSA) is 159 Å². The molecule has 0 saturated carbocycles. The predicted octanol–water partition coefficient (Wildman–Crippen LogP) is -0.250. The summed E-state index contributed by atoms with van der Waals surface area (Å²) < 4.78 is 26.5. The number of ether oxygens (including phenoxy) is 5. The Bertz CT molecular complexity index is 818. The van der Waals surface area contributed by atoms with Crippen molar-refractivity contribution in [3.8, 4) is 0 Å². The van der Waals surface area contributed by atoms with Crippen molar-refractivity contribution >= 4 is 29.6 Å². The SMILES string of the molecule is COCCOCCOCCOCCOCCCN[C@@H](CCCCN1C(=O)C=CC1=O)C(=O)ON1C(=O)CCC1=O. The highest BCUT2D eigenvalue weighted by molar-refractivity contribution is 6.12. The van der Waals surface area contributed by atoms with Crippen LogP contribution in [0.3, 0.4) is 0 Å². The second kappa shape index (κ2) is 20.2. The lowest BCUT2D eigenvalue weighted by molar-refractivity contribution is -0.199. The Hall–Kier alpha value is -2.75. The third-order valence-corrected chi connectivity index (χ3v) is 5.90. The van der Waals surface area contributed by atoms with Crippen molar-refractivity contribution in [2.45, 2.75) is 44.6 Å². The van der Waals surface area contributed by atoms with Gasteiger partial charge in [-0.05, 0) is 32.2 Å². The maximum Gasteiger partial charge on any atom is 0.349 e. The number of rotatable bonds is 24. The molecule has 1 atom stereocenters. The first kappa shape index (κ1) is 33.5. The largest absolute Gasteiger partial charge is 0.382 e. The molecule has 0 unspecified atom stereocenters. The summed E-state index contributed by atoms with van der Waals surface area (Å²) in [6.45, 7) is 4.94. The fraction of sp³-hybridized carbons (Fsp3) is 0.731. The van der Waals surface area contributed by atoms with Crippen molar-refractivity contribution in [3.05, 3.63) is 12.2 Å². The molecule has 2 aliphatic heterocycles. The number of amides is 4. The number of hydrogen-bond donors (Lipinski definition) is 1. The molecular weight excluding hydrogens is 530 g/mol. The van der Waals surface area contributed by atoms with Crippen LogP contribution in [0.1, 0.15) is 38.5 Å². The van der Waals surface area contributed by atoms with Gasteiger partial charge in [0.05, 0.1) is 52.9 Å². The van der Waals surface area contributed by atoms with E-state index >= 15 is 0 Å². The minimum Gasteiger partial charge on any atom is -0.382 e. The predicted molar refractivity (Wildman–Crippen MR) is 138 cm³/mol. The lowest BCUT2D eigenvalue weighted by atomic mass is 10.1. The van der Waals surface area contributed by atoms with Gasteiger partial charge in [-0.25, -0.2) is 4.79 Å². The molecular formula is C26H41N3O11. The standard InChI is InChI=1S/C26H41N3O11/c1-35-13-14-37-17-18-39-20-19-38-16-15-36-12-4-10-27-21(26(34)40-29-24(32)8-9-25(29)33)5-2-3-11-28-22(30)6-7-23(28)31/h6-7,21,27H,2-5,8-20H2,1H3/t21-/m0/s1. The van der Waals surface area contributed by atoms with E-state index in [-0.39, 0.29) is 31.2 Å². The molecule has 0 bridgehead atoms. The third-order valence-electron chi connectivity index (χ3n) is 5.90. The smallest absolute Gasteiger partial charge is 0.349 e. The van der Waals surface area contributed by atoms with Crippen molar-refractivity contribution in [2.75, 3.05) is 79.7 Å². The number of nitrogens with one attached hydrogen (secondary N) is 1. The van der Waals surface area contributed by atoms with Crippen molar-refractivity contribution < 1.29 is 52.5 Å². The molecule has 14 nitrogen and oxygen atoms in total. The summed E-state index contributed by atoms with van der Waals surface area (Å²) >= 11 is 0. The number of hydroxylamine groups is 2. The van der Waals surface area contributed by atoms with E-state index in [9.17, 15) is 24.0 Å². The summed E-state index contributed by atoms with van der Waals surface area (Å²) in [7, 11) is 1.62. The number of unbranched alkanes of at least 4 members (excludes halogenated alkanes) is 1. The fourth-order valence-electron chi connectivity index (χ4n) is 3.74. The lowest BCUT2D eigenvalue weighted by Crippen LogP contribution is -2.43. The molecule has 0 aromatic rings. The van der Waals surface area contributed by atoms with Gasteiger partial charge in [0.25, 0.3) is 23.6 Å². The first-order chi connectivity index (χ1) is 19.4. The van der Waals surface area contributed by atoms with Crippen molar-refractivity contribution in [3.63, 3.8) is 0 Å². The highest BCUT2D eigenvalue weighted by atomic mass is 16.7. The summed E-state index contributed by atoms with van der Waals surface area (Å²) in [5.41, 5.74) is 0. The first-order valence-electron chi connectivity index (χ1n) is 13.6. The second-order valence-electron chi connectivity index (χ2n) is 8.95. The Labute approximate surface area is 234 Å². The van der Waals surface area contributed by atoms with Crippen LogP contribution in [0.4, 0.5) is 0 Å². The van der Waals surface area contributed by atoms with Gasteiger partial charge in [-0.3, -0.25) is 24.1 Å². The number of imide groups is 2. The van der Waals surface area contributed by atoms with Crippen LogP contribution in [0.25, 0.3) is 0 Å². The van der Waals surface area contributed by atoms with Crippen LogP contribution in [-0.2, 0) is 52.5 Å². The Kier molecular flexibility index (Phi) is 16.9. The summed E-state index contributed by atoms with van der Waals surface area (Å²) in [6, 6.07) is -0.780. The normalized spacial score (nSPS) is 16.0. The number of carbonyl (C=O) groups excluding carboxylic acids is 5. The maximum absolute atomic E-state index is 12.7. The molecule has 1 N–H and O–H groups in total. The quantitative estimate of drug-likeness (QED) is 0.120. The Morgan fingerprint density at radius 3 is 1.85 bits per heavy atom. The van der Waals surface area contributed by atoms with Crippen LogP contribution < -0.4 is 5.32 Å². The average Bonchev–Trinajstić information content (AvgIpc) is 3.43. The zero-order valence-electron chi connectivity index (χ0n) is 23.1. The van der Waals surface area contributed by atoms with Gasteiger partial charge < -0.3 is 33.8 Å². The highest BCUT2D eigenvalue weighted by Crippen LogP contribution is 2.14. The molecule has 1 saturated heterocycles. The molecule has 4 amide bonds. The Morgan fingerprint density at radius 2 is 1.30 bits per heavy atom. The number of nitrogens with zero attached hydrogens (tertiary/aromatic N) is 2. The van der Waals surface area contributed by atoms with E-state index in [0.717, 1.165) is 4.90 Å².